The van der Waals surface area contributed by atoms with Gasteiger partial charge in [-0.05, 0) is 11.1 Å². The van der Waals surface area contributed by atoms with Crippen LogP contribution in [0.5, 0.6) is 0 Å². The van der Waals surface area contributed by atoms with E-state index in [9.17, 15) is 20.1 Å². The Labute approximate surface area is 198 Å². The van der Waals surface area contributed by atoms with Crippen molar-refractivity contribution in [2.75, 3.05) is 20.3 Å². The fraction of sp³-hybridized carbons (Fsp3) is 0.208. The van der Waals surface area contributed by atoms with Gasteiger partial charge in [-0.2, -0.15) is 10.5 Å². The Morgan fingerprint density at radius 1 is 0.971 bits per heavy atom. The number of nitrogens with zero attached hydrogens (tertiary/aromatic N) is 4. The predicted molar refractivity (Wildman–Crippen MR) is 126 cm³/mol. The first-order chi connectivity index (χ1) is 16.6. The number of urea groups is 2. The van der Waals surface area contributed by atoms with Crippen LogP contribution < -0.4 is 16.0 Å². The van der Waals surface area contributed by atoms with Crippen molar-refractivity contribution in [1.29, 1.82) is 10.5 Å². The first-order valence-electron chi connectivity index (χ1n) is 10.3. The minimum Gasteiger partial charge on any atom is -0.383 e. The summed E-state index contributed by atoms with van der Waals surface area (Å²) in [5.74, 6) is 0. The quantitative estimate of drug-likeness (QED) is 0.284. The Balaban J connectivity index is 2.05. The molecule has 2 aromatic rings. The molecule has 0 radical (unpaired) electrons. The van der Waals surface area contributed by atoms with Crippen molar-refractivity contribution in [3.8, 4) is 12.1 Å². The van der Waals surface area contributed by atoms with E-state index in [1.54, 1.807) is 12.1 Å². The molecule has 0 saturated carbocycles. The lowest BCUT2D eigenvalue weighted by Crippen LogP contribution is -2.40. The van der Waals surface area contributed by atoms with E-state index in [1.807, 2.05) is 60.7 Å². The lowest BCUT2D eigenvalue weighted by molar-refractivity contribution is 0.173. The third kappa shape index (κ3) is 8.83. The largest absolute Gasteiger partial charge is 0.383 e. The van der Waals surface area contributed by atoms with Gasteiger partial charge in [-0.25, -0.2) is 14.6 Å². The van der Waals surface area contributed by atoms with E-state index in [4.69, 9.17) is 4.74 Å². The van der Waals surface area contributed by atoms with Crippen LogP contribution in [-0.2, 0) is 17.8 Å². The summed E-state index contributed by atoms with van der Waals surface area (Å²) >= 11 is 0. The number of nitriles is 2. The molecule has 0 spiro atoms. The van der Waals surface area contributed by atoms with Crippen molar-refractivity contribution in [2.45, 2.75) is 13.1 Å². The van der Waals surface area contributed by atoms with Gasteiger partial charge in [0.1, 0.15) is 18.5 Å². The molecule has 10 heteroatoms. The predicted octanol–water partition coefficient (Wildman–Crippen LogP) is 2.63. The van der Waals surface area contributed by atoms with Gasteiger partial charge in [0.25, 0.3) is 0 Å². The van der Waals surface area contributed by atoms with E-state index >= 15 is 0 Å². The Morgan fingerprint density at radius 2 is 1.56 bits per heavy atom. The molecule has 0 atom stereocenters. The molecule has 0 heterocycles. The number of nitrogens with one attached hydrogen (secondary N) is 3. The van der Waals surface area contributed by atoms with Crippen LogP contribution in [0.15, 0.2) is 77.1 Å². The average Bonchev–Trinajstić information content (AvgIpc) is 2.88. The first kappa shape index (κ1) is 25.6. The zero-order valence-corrected chi connectivity index (χ0v) is 18.7. The maximum Gasteiger partial charge on any atom is 0.322 e. The van der Waals surface area contributed by atoms with Crippen LogP contribution in [0, 0.1) is 22.7 Å². The van der Waals surface area contributed by atoms with Crippen LogP contribution in [-0.4, -0.2) is 43.6 Å². The number of allylic oxidation sites excluding steroid dienone is 2. The Bertz CT molecular complexity index is 1090. The van der Waals surface area contributed by atoms with Gasteiger partial charge in [-0.3, -0.25) is 10.2 Å². The van der Waals surface area contributed by atoms with E-state index in [0.29, 0.717) is 6.54 Å². The summed E-state index contributed by atoms with van der Waals surface area (Å²) in [7, 11) is 1.49. The van der Waals surface area contributed by atoms with Crippen molar-refractivity contribution in [1.82, 2.24) is 20.9 Å². The highest BCUT2D eigenvalue weighted by Crippen LogP contribution is 2.03. The standard InChI is InChI=1S/C24H25N7O3/c1-34-13-12-31(24(33)28-17-20-10-6-3-7-11-20)18-29-21(14-25)22(15-26)30-23(32)27-16-19-8-4-2-5-9-19/h2-11,18H,12-13,16-17H2,1H3,(H,28,33)(H2,27,30,32)/b22-21-,29-18?. The highest BCUT2D eigenvalue weighted by atomic mass is 16.5. The molecule has 0 aliphatic carbocycles. The van der Waals surface area contributed by atoms with Gasteiger partial charge in [-0.15, -0.1) is 0 Å². The third-order valence-corrected chi connectivity index (χ3v) is 4.40. The second-order valence-corrected chi connectivity index (χ2v) is 6.82. The molecule has 0 saturated heterocycles. The molecule has 3 N–H and O–H groups in total. The van der Waals surface area contributed by atoms with Gasteiger partial charge in [-0.1, -0.05) is 60.7 Å². The summed E-state index contributed by atoms with van der Waals surface area (Å²) in [6.45, 7) is 0.918. The summed E-state index contributed by atoms with van der Waals surface area (Å²) < 4.78 is 5.03. The van der Waals surface area contributed by atoms with Crippen LogP contribution in [0.3, 0.4) is 0 Å². The van der Waals surface area contributed by atoms with Crippen molar-refractivity contribution in [2.24, 2.45) is 4.99 Å². The maximum absolute atomic E-state index is 12.6. The Morgan fingerprint density at radius 3 is 2.09 bits per heavy atom. The van der Waals surface area contributed by atoms with E-state index < -0.39 is 12.1 Å². The molecule has 34 heavy (non-hydrogen) atoms. The molecule has 0 aromatic heterocycles. The van der Waals surface area contributed by atoms with Crippen LogP contribution in [0.1, 0.15) is 11.1 Å². The fourth-order valence-electron chi connectivity index (χ4n) is 2.63. The van der Waals surface area contributed by atoms with Crippen LogP contribution >= 0.6 is 0 Å². The SMILES string of the molecule is COCCN(C=N/C(C#N)=C(/C#N)NC(=O)NCc1ccccc1)C(=O)NCc1ccccc1. The number of carbonyl (C=O) groups excluding carboxylic acids is 2. The lowest BCUT2D eigenvalue weighted by Gasteiger charge is -2.18. The van der Waals surface area contributed by atoms with E-state index in [2.05, 4.69) is 20.9 Å². The smallest absolute Gasteiger partial charge is 0.322 e. The summed E-state index contributed by atoms with van der Waals surface area (Å²) in [6, 6.07) is 20.9. The van der Waals surface area contributed by atoms with E-state index in [1.165, 1.54) is 12.0 Å². The summed E-state index contributed by atoms with van der Waals surface area (Å²) in [5, 5.41) is 26.5. The summed E-state index contributed by atoms with van der Waals surface area (Å²) in [6.07, 6.45) is 1.12. The maximum atomic E-state index is 12.6. The molecule has 174 valence electrons. The van der Waals surface area contributed by atoms with Crippen molar-refractivity contribution >= 4 is 18.4 Å². The molecular weight excluding hydrogens is 434 g/mol. The molecule has 0 unspecified atom stereocenters. The lowest BCUT2D eigenvalue weighted by atomic mass is 10.2. The number of benzene rings is 2. The second kappa shape index (κ2) is 14.4. The number of carbonyl (C=O) groups is 2. The highest BCUT2D eigenvalue weighted by Gasteiger charge is 2.13. The van der Waals surface area contributed by atoms with Crippen LogP contribution in [0.4, 0.5) is 9.59 Å². The van der Waals surface area contributed by atoms with E-state index in [0.717, 1.165) is 17.5 Å². The van der Waals surface area contributed by atoms with Gasteiger partial charge < -0.3 is 15.4 Å². The normalized spacial score (nSPS) is 11.0. The number of rotatable bonds is 10. The third-order valence-electron chi connectivity index (χ3n) is 4.40. The molecule has 0 fully saturated rings. The number of amides is 4. The number of methoxy groups -OCH3 is 1. The number of ether oxygens (including phenoxy) is 1. The van der Waals surface area contributed by atoms with Crippen LogP contribution in [0.25, 0.3) is 0 Å². The molecule has 2 aromatic carbocycles. The zero-order valence-electron chi connectivity index (χ0n) is 18.7. The average molecular weight is 460 g/mol. The minimum absolute atomic E-state index is 0.159. The summed E-state index contributed by atoms with van der Waals surface area (Å²) in [4.78, 5) is 29.9. The number of hydrogen-bond acceptors (Lipinski definition) is 6. The van der Waals surface area contributed by atoms with Crippen molar-refractivity contribution in [3.05, 3.63) is 83.2 Å². The molecule has 4 amide bonds. The zero-order chi connectivity index (χ0) is 24.6. The molecular formula is C24H25N7O3. The second-order valence-electron chi connectivity index (χ2n) is 6.82. The molecule has 10 nitrogen and oxygen atoms in total. The molecule has 0 aliphatic rings. The monoisotopic (exact) mass is 459 g/mol. The van der Waals surface area contributed by atoms with Gasteiger partial charge in [0.05, 0.1) is 13.2 Å². The van der Waals surface area contributed by atoms with Crippen LogP contribution in [0.2, 0.25) is 0 Å². The molecule has 0 aliphatic heterocycles. The Hall–Kier alpha value is -4.67. The first-order valence-corrected chi connectivity index (χ1v) is 10.3. The number of hydrogen-bond donors (Lipinski definition) is 3. The van der Waals surface area contributed by atoms with Crippen molar-refractivity contribution in [3.63, 3.8) is 0 Å². The number of aliphatic imine (C=N–C) groups is 1. The fourth-order valence-corrected chi connectivity index (χ4v) is 2.63. The van der Waals surface area contributed by atoms with Gasteiger partial charge in [0.15, 0.2) is 11.4 Å². The minimum atomic E-state index is -0.666. The summed E-state index contributed by atoms with van der Waals surface area (Å²) in [5.41, 5.74) is 1.08. The van der Waals surface area contributed by atoms with E-state index in [-0.39, 0.29) is 31.1 Å². The topological polar surface area (TPSA) is 143 Å². The van der Waals surface area contributed by atoms with Gasteiger partial charge in [0, 0.05) is 20.2 Å². The van der Waals surface area contributed by atoms with Crippen molar-refractivity contribution < 1.29 is 14.3 Å². The molecule has 0 bridgehead atoms. The van der Waals surface area contributed by atoms with Gasteiger partial charge >= 0.3 is 12.1 Å². The molecule has 2 rings (SSSR count). The van der Waals surface area contributed by atoms with Gasteiger partial charge in [0.2, 0.25) is 0 Å². The highest BCUT2D eigenvalue weighted by molar-refractivity contribution is 5.87. The Kier molecular flexibility index (Phi) is 10.8.